The lowest BCUT2D eigenvalue weighted by Crippen LogP contribution is -3.07. The van der Waals surface area contributed by atoms with E-state index in [-0.39, 0.29) is 0 Å². The predicted molar refractivity (Wildman–Crippen MR) is 107 cm³/mol. The summed E-state index contributed by atoms with van der Waals surface area (Å²) in [7, 11) is 8.30. The van der Waals surface area contributed by atoms with Gasteiger partial charge in [0.1, 0.15) is 12.2 Å². The van der Waals surface area contributed by atoms with Crippen molar-refractivity contribution in [2.24, 2.45) is 0 Å². The zero-order chi connectivity index (χ0) is 19.8. The highest BCUT2D eigenvalue weighted by atomic mass is 16.5. The van der Waals surface area contributed by atoms with Crippen LogP contribution in [0, 0.1) is 0 Å². The smallest absolute Gasteiger partial charge is 0.295 e. The Kier molecular flexibility index (Phi) is 4.65. The number of ether oxygens (including phenoxy) is 5. The van der Waals surface area contributed by atoms with E-state index in [0.717, 1.165) is 50.2 Å². The minimum Gasteiger partial charge on any atom is -0.493 e. The molecule has 0 bridgehead atoms. The number of hydrogen-bond donors (Lipinski definition) is 1. The molecule has 2 heterocycles. The molecule has 0 aromatic heterocycles. The molecule has 0 amide bonds. The Bertz CT molecular complexity index is 993. The molecule has 0 saturated heterocycles. The molecule has 0 fully saturated rings. The lowest BCUT2D eigenvalue weighted by Gasteiger charge is -2.31. The van der Waals surface area contributed by atoms with E-state index in [1.807, 2.05) is 24.3 Å². The van der Waals surface area contributed by atoms with Gasteiger partial charge in [0, 0.05) is 23.3 Å². The van der Waals surface area contributed by atoms with Crippen molar-refractivity contribution in [3.05, 3.63) is 52.4 Å². The molecule has 1 N–H and O–H groups in total. The van der Waals surface area contributed by atoms with Gasteiger partial charge in [-0.3, -0.25) is 0 Å². The fourth-order valence-corrected chi connectivity index (χ4v) is 3.96. The highest BCUT2D eigenvalue weighted by Crippen LogP contribution is 2.40. The molecule has 0 spiro atoms. The van der Waals surface area contributed by atoms with Crippen molar-refractivity contribution < 1.29 is 28.6 Å². The predicted octanol–water partition coefficient (Wildman–Crippen LogP) is 2.58. The van der Waals surface area contributed by atoms with Crippen molar-refractivity contribution in [3.63, 3.8) is 0 Å². The molecule has 0 aliphatic carbocycles. The van der Waals surface area contributed by atoms with E-state index in [1.165, 1.54) is 0 Å². The number of methoxy groups -OCH3 is 5. The molecule has 1 atom stereocenters. The molecule has 146 valence electrons. The molecule has 28 heavy (non-hydrogen) atoms. The van der Waals surface area contributed by atoms with Crippen LogP contribution in [0.5, 0.6) is 23.0 Å². The van der Waals surface area contributed by atoms with Crippen molar-refractivity contribution in [1.82, 2.24) is 0 Å². The Labute approximate surface area is 164 Å². The number of rotatable bonds is 5. The van der Waals surface area contributed by atoms with Crippen molar-refractivity contribution in [1.29, 1.82) is 0 Å². The zero-order valence-electron chi connectivity index (χ0n) is 16.7. The Morgan fingerprint density at radius 2 is 1.43 bits per heavy atom. The van der Waals surface area contributed by atoms with Crippen molar-refractivity contribution in [2.45, 2.75) is 6.54 Å². The van der Waals surface area contributed by atoms with E-state index in [2.05, 4.69) is 12.1 Å². The van der Waals surface area contributed by atoms with Crippen LogP contribution in [0.15, 0.2) is 30.1 Å². The van der Waals surface area contributed by atoms with E-state index in [9.17, 15) is 0 Å². The van der Waals surface area contributed by atoms with Crippen molar-refractivity contribution in [3.8, 4) is 23.0 Å². The van der Waals surface area contributed by atoms with E-state index in [4.69, 9.17) is 23.7 Å². The molecular formula is C22H24NO5+. The molecule has 6 nitrogen and oxygen atoms in total. The van der Waals surface area contributed by atoms with Gasteiger partial charge in [-0.05, 0) is 23.8 Å². The number of fused-ring (bicyclic) bond motifs is 4. The zero-order valence-corrected chi connectivity index (χ0v) is 16.7. The van der Waals surface area contributed by atoms with Gasteiger partial charge in [-0.15, -0.1) is 0 Å². The molecule has 2 aromatic carbocycles. The van der Waals surface area contributed by atoms with Crippen LogP contribution < -0.4 is 23.8 Å². The molecule has 4 rings (SSSR count). The Morgan fingerprint density at radius 3 is 2.07 bits per heavy atom. The Morgan fingerprint density at radius 1 is 0.714 bits per heavy atom. The van der Waals surface area contributed by atoms with Gasteiger partial charge >= 0.3 is 0 Å². The average Bonchev–Trinajstić information content (AvgIpc) is 2.75. The first-order valence-electron chi connectivity index (χ1n) is 8.99. The summed E-state index contributed by atoms with van der Waals surface area (Å²) in [6.45, 7) is 0.689. The number of nitrogens with one attached hydrogen (secondary N) is 1. The highest BCUT2D eigenvalue weighted by molar-refractivity contribution is 5.86. The van der Waals surface area contributed by atoms with Gasteiger partial charge in [-0.25, -0.2) is 4.90 Å². The molecule has 2 aromatic rings. The second kappa shape index (κ2) is 7.13. The van der Waals surface area contributed by atoms with Gasteiger partial charge in [0.2, 0.25) is 0 Å². The maximum Gasteiger partial charge on any atom is 0.295 e. The van der Waals surface area contributed by atoms with Crippen molar-refractivity contribution in [2.75, 3.05) is 35.5 Å². The van der Waals surface area contributed by atoms with Gasteiger partial charge in [0.25, 0.3) is 5.88 Å². The second-order valence-corrected chi connectivity index (χ2v) is 6.59. The molecule has 2 aliphatic rings. The summed E-state index contributed by atoms with van der Waals surface area (Å²) in [6.07, 6.45) is 4.22. The summed E-state index contributed by atoms with van der Waals surface area (Å²) in [6, 6.07) is 8.00. The molecule has 0 radical (unpaired) electrons. The summed E-state index contributed by atoms with van der Waals surface area (Å²) in [5, 5.41) is 0. The van der Waals surface area contributed by atoms with Gasteiger partial charge in [0.15, 0.2) is 23.0 Å². The van der Waals surface area contributed by atoms with Crippen LogP contribution in [-0.4, -0.2) is 35.5 Å². The van der Waals surface area contributed by atoms with E-state index in [1.54, 1.807) is 35.5 Å². The Hall–Kier alpha value is -3.12. The van der Waals surface area contributed by atoms with E-state index >= 15 is 0 Å². The SMILES string of the molecule is COC1=Cc2cc(OC)c(OC)cc2C2=Cc3ccc(OC)c(OC)c3C[NH+]12. The van der Waals surface area contributed by atoms with E-state index in [0.29, 0.717) is 18.0 Å². The third kappa shape index (κ3) is 2.68. The van der Waals surface area contributed by atoms with Gasteiger partial charge < -0.3 is 23.7 Å². The molecule has 2 aliphatic heterocycles. The van der Waals surface area contributed by atoms with Crippen LogP contribution in [0.2, 0.25) is 0 Å². The van der Waals surface area contributed by atoms with Crippen LogP contribution in [0.3, 0.4) is 0 Å². The largest absolute Gasteiger partial charge is 0.493 e. The third-order valence-corrected chi connectivity index (χ3v) is 5.31. The topological polar surface area (TPSA) is 50.6 Å². The molecule has 0 saturated carbocycles. The summed E-state index contributed by atoms with van der Waals surface area (Å²) in [5.74, 6) is 3.72. The molecular weight excluding hydrogens is 358 g/mol. The number of hydrogen-bond acceptors (Lipinski definition) is 5. The summed E-state index contributed by atoms with van der Waals surface area (Å²) >= 11 is 0. The number of quaternary nitrogens is 1. The lowest BCUT2D eigenvalue weighted by molar-refractivity contribution is -0.815. The van der Waals surface area contributed by atoms with Crippen LogP contribution in [0.4, 0.5) is 0 Å². The minimum atomic E-state index is 0.689. The van der Waals surface area contributed by atoms with Crippen molar-refractivity contribution >= 4 is 17.8 Å². The maximum atomic E-state index is 5.73. The summed E-state index contributed by atoms with van der Waals surface area (Å²) in [5.41, 5.74) is 5.44. The normalized spacial score (nSPS) is 16.7. The first-order valence-corrected chi connectivity index (χ1v) is 8.99. The summed E-state index contributed by atoms with van der Waals surface area (Å²) in [4.78, 5) is 1.11. The first-order chi connectivity index (χ1) is 13.6. The monoisotopic (exact) mass is 382 g/mol. The summed E-state index contributed by atoms with van der Waals surface area (Å²) < 4.78 is 27.8. The van der Waals surface area contributed by atoms with Gasteiger partial charge in [0.05, 0.1) is 41.1 Å². The van der Waals surface area contributed by atoms with Crippen LogP contribution >= 0.6 is 0 Å². The van der Waals surface area contributed by atoms with Gasteiger partial charge in [-0.2, -0.15) is 0 Å². The average molecular weight is 382 g/mol. The maximum absolute atomic E-state index is 5.73. The van der Waals surface area contributed by atoms with Crippen LogP contribution in [0.1, 0.15) is 22.3 Å². The van der Waals surface area contributed by atoms with Crippen LogP contribution in [0.25, 0.3) is 17.8 Å². The quantitative estimate of drug-likeness (QED) is 0.862. The third-order valence-electron chi connectivity index (χ3n) is 5.31. The minimum absolute atomic E-state index is 0.689. The molecule has 6 heteroatoms. The Balaban J connectivity index is 1.94. The first kappa shape index (κ1) is 18.3. The van der Waals surface area contributed by atoms with Gasteiger partial charge in [-0.1, -0.05) is 6.07 Å². The number of benzene rings is 2. The highest BCUT2D eigenvalue weighted by Gasteiger charge is 2.36. The second-order valence-electron chi connectivity index (χ2n) is 6.59. The fourth-order valence-electron chi connectivity index (χ4n) is 3.96. The standard InChI is InChI=1S/C22H23NO5/c1-24-18-7-6-13-8-17-15-11-20(26-3)19(25-2)9-14(15)10-21(27-4)23(17)12-16(13)22(18)28-5/h6-11H,12H2,1-5H3/p+1. The molecule has 1 unspecified atom stereocenters. The van der Waals surface area contributed by atoms with Crippen LogP contribution in [-0.2, 0) is 11.3 Å². The lowest BCUT2D eigenvalue weighted by atomic mass is 9.92. The fraction of sp³-hybridized carbons (Fsp3) is 0.273. The van der Waals surface area contributed by atoms with E-state index < -0.39 is 0 Å².